The van der Waals surface area contributed by atoms with Gasteiger partial charge in [0.1, 0.15) is 5.84 Å². The molecule has 1 aliphatic carbocycles. The number of hydrogen-bond acceptors (Lipinski definition) is 4. The van der Waals surface area contributed by atoms with E-state index in [1.165, 1.54) is 4.88 Å². The van der Waals surface area contributed by atoms with E-state index < -0.39 is 0 Å². The molecule has 17 heavy (non-hydrogen) atoms. The number of rotatable bonds is 7. The summed E-state index contributed by atoms with van der Waals surface area (Å²) >= 11 is 1.76. The summed E-state index contributed by atoms with van der Waals surface area (Å²) in [5, 5.41) is 13.6. The molecule has 2 rings (SSSR count). The highest BCUT2D eigenvalue weighted by Crippen LogP contribution is 2.48. The first-order valence-corrected chi connectivity index (χ1v) is 6.69. The van der Waals surface area contributed by atoms with Gasteiger partial charge in [0.2, 0.25) is 0 Å². The highest BCUT2D eigenvalue weighted by atomic mass is 32.1. The average Bonchev–Trinajstić information content (AvgIpc) is 2.89. The fourth-order valence-electron chi connectivity index (χ4n) is 1.88. The van der Waals surface area contributed by atoms with Gasteiger partial charge in [-0.25, -0.2) is 0 Å². The lowest BCUT2D eigenvalue weighted by atomic mass is 10.0. The van der Waals surface area contributed by atoms with E-state index in [1.807, 2.05) is 0 Å². The standard InChI is InChI=1S/C12H18N2O2S/c13-11(14-15)8-12(4-5-12)9-16-6-3-10-2-1-7-17-10/h1-2,7,15H,3-6,8-9H2,(H2,13,14). The summed E-state index contributed by atoms with van der Waals surface area (Å²) in [6.07, 6.45) is 3.84. The molecule has 0 spiro atoms. The second-order valence-corrected chi connectivity index (χ2v) is 5.68. The van der Waals surface area contributed by atoms with Crippen molar-refractivity contribution in [3.63, 3.8) is 0 Å². The summed E-state index contributed by atoms with van der Waals surface area (Å²) in [6.45, 7) is 1.47. The third-order valence-electron chi connectivity index (χ3n) is 3.12. The van der Waals surface area contributed by atoms with E-state index in [0.29, 0.717) is 18.9 Å². The summed E-state index contributed by atoms with van der Waals surface area (Å²) in [5.41, 5.74) is 5.67. The number of thiophene rings is 1. The van der Waals surface area contributed by atoms with Crippen LogP contribution in [0.5, 0.6) is 0 Å². The fraction of sp³-hybridized carbons (Fsp3) is 0.583. The van der Waals surface area contributed by atoms with Crippen molar-refractivity contribution in [3.8, 4) is 0 Å². The molecule has 0 atom stereocenters. The number of oxime groups is 1. The number of amidine groups is 1. The zero-order chi connectivity index (χ0) is 12.1. The van der Waals surface area contributed by atoms with Crippen LogP contribution in [0.3, 0.4) is 0 Å². The minimum absolute atomic E-state index is 0.145. The topological polar surface area (TPSA) is 67.8 Å². The Balaban J connectivity index is 1.65. The predicted octanol–water partition coefficient (Wildman–Crippen LogP) is 2.22. The lowest BCUT2D eigenvalue weighted by Crippen LogP contribution is -2.21. The van der Waals surface area contributed by atoms with E-state index in [1.54, 1.807) is 11.3 Å². The molecule has 1 saturated carbocycles. The molecule has 1 heterocycles. The Morgan fingerprint density at radius 1 is 1.59 bits per heavy atom. The van der Waals surface area contributed by atoms with Crippen molar-refractivity contribution < 1.29 is 9.94 Å². The number of ether oxygens (including phenoxy) is 1. The van der Waals surface area contributed by atoms with Gasteiger partial charge in [-0.2, -0.15) is 0 Å². The monoisotopic (exact) mass is 254 g/mol. The third kappa shape index (κ3) is 3.71. The Morgan fingerprint density at radius 2 is 2.41 bits per heavy atom. The Bertz CT molecular complexity index is 372. The van der Waals surface area contributed by atoms with Crippen molar-refractivity contribution in [1.29, 1.82) is 0 Å². The molecule has 1 fully saturated rings. The zero-order valence-corrected chi connectivity index (χ0v) is 10.6. The molecule has 0 amide bonds. The Morgan fingerprint density at radius 3 is 3.00 bits per heavy atom. The molecule has 94 valence electrons. The van der Waals surface area contributed by atoms with E-state index in [4.69, 9.17) is 15.7 Å². The lowest BCUT2D eigenvalue weighted by Gasteiger charge is -2.14. The van der Waals surface area contributed by atoms with Crippen LogP contribution in [0.25, 0.3) is 0 Å². The average molecular weight is 254 g/mol. The SMILES string of the molecule is NC(CC1(COCCc2cccs2)CC1)=NO. The fourth-order valence-corrected chi connectivity index (χ4v) is 2.58. The summed E-state index contributed by atoms with van der Waals surface area (Å²) < 4.78 is 5.69. The zero-order valence-electron chi connectivity index (χ0n) is 9.76. The summed E-state index contributed by atoms with van der Waals surface area (Å²) in [4.78, 5) is 1.35. The van der Waals surface area contributed by atoms with Crippen LogP contribution in [-0.4, -0.2) is 24.3 Å². The highest BCUT2D eigenvalue weighted by Gasteiger charge is 2.43. The van der Waals surface area contributed by atoms with Crippen molar-refractivity contribution in [2.24, 2.45) is 16.3 Å². The quantitative estimate of drug-likeness (QED) is 0.258. The molecule has 0 radical (unpaired) electrons. The third-order valence-corrected chi connectivity index (χ3v) is 4.06. The van der Waals surface area contributed by atoms with Crippen LogP contribution in [0.2, 0.25) is 0 Å². The first kappa shape index (κ1) is 12.4. The van der Waals surface area contributed by atoms with Crippen LogP contribution in [0, 0.1) is 5.41 Å². The van der Waals surface area contributed by atoms with E-state index in [-0.39, 0.29) is 5.41 Å². The number of nitrogens with two attached hydrogens (primary N) is 1. The van der Waals surface area contributed by atoms with Crippen LogP contribution in [0.4, 0.5) is 0 Å². The number of hydrogen-bond donors (Lipinski definition) is 2. The van der Waals surface area contributed by atoms with Crippen LogP contribution in [-0.2, 0) is 11.2 Å². The van der Waals surface area contributed by atoms with E-state index in [2.05, 4.69) is 22.7 Å². The van der Waals surface area contributed by atoms with Crippen molar-refractivity contribution in [2.75, 3.05) is 13.2 Å². The van der Waals surface area contributed by atoms with Crippen LogP contribution in [0.1, 0.15) is 24.1 Å². The van der Waals surface area contributed by atoms with Crippen molar-refractivity contribution >= 4 is 17.2 Å². The van der Waals surface area contributed by atoms with Gasteiger partial charge in [0.25, 0.3) is 0 Å². The molecule has 5 heteroatoms. The van der Waals surface area contributed by atoms with Crippen LogP contribution < -0.4 is 5.73 Å². The van der Waals surface area contributed by atoms with E-state index in [0.717, 1.165) is 25.9 Å². The van der Waals surface area contributed by atoms with Gasteiger partial charge in [0.15, 0.2) is 0 Å². The lowest BCUT2D eigenvalue weighted by molar-refractivity contribution is 0.0949. The molecule has 0 aliphatic heterocycles. The maximum atomic E-state index is 8.55. The molecule has 1 aromatic heterocycles. The Hall–Kier alpha value is -1.07. The second-order valence-electron chi connectivity index (χ2n) is 4.65. The normalized spacial score (nSPS) is 18.2. The molecule has 1 aliphatic rings. The largest absolute Gasteiger partial charge is 0.409 e. The minimum Gasteiger partial charge on any atom is -0.409 e. The van der Waals surface area contributed by atoms with Gasteiger partial charge in [0.05, 0.1) is 13.2 Å². The Kier molecular flexibility index (Phi) is 4.02. The molecular formula is C12H18N2O2S. The molecule has 0 saturated heterocycles. The van der Waals surface area contributed by atoms with E-state index >= 15 is 0 Å². The predicted molar refractivity (Wildman–Crippen MR) is 68.5 cm³/mol. The van der Waals surface area contributed by atoms with E-state index in [9.17, 15) is 0 Å². The van der Waals surface area contributed by atoms with Gasteiger partial charge in [-0.05, 0) is 24.3 Å². The summed E-state index contributed by atoms with van der Waals surface area (Å²) in [7, 11) is 0. The summed E-state index contributed by atoms with van der Waals surface area (Å²) in [5.74, 6) is 0.310. The molecule has 0 unspecified atom stereocenters. The molecule has 4 nitrogen and oxygen atoms in total. The molecule has 1 aromatic rings. The van der Waals surface area contributed by atoms with Gasteiger partial charge in [-0.15, -0.1) is 11.3 Å². The maximum Gasteiger partial charge on any atom is 0.139 e. The van der Waals surface area contributed by atoms with Crippen molar-refractivity contribution in [1.82, 2.24) is 0 Å². The summed E-state index contributed by atoms with van der Waals surface area (Å²) in [6, 6.07) is 4.18. The molecule has 0 bridgehead atoms. The van der Waals surface area contributed by atoms with Crippen LogP contribution in [0.15, 0.2) is 22.7 Å². The maximum absolute atomic E-state index is 8.55. The van der Waals surface area contributed by atoms with Crippen LogP contribution >= 0.6 is 11.3 Å². The van der Waals surface area contributed by atoms with Gasteiger partial charge < -0.3 is 15.7 Å². The van der Waals surface area contributed by atoms with Gasteiger partial charge in [-0.3, -0.25) is 0 Å². The molecular weight excluding hydrogens is 236 g/mol. The highest BCUT2D eigenvalue weighted by molar-refractivity contribution is 7.09. The molecule has 3 N–H and O–H groups in total. The first-order chi connectivity index (χ1) is 8.24. The van der Waals surface area contributed by atoms with Gasteiger partial charge >= 0.3 is 0 Å². The van der Waals surface area contributed by atoms with Gasteiger partial charge in [-0.1, -0.05) is 11.2 Å². The minimum atomic E-state index is 0.145. The first-order valence-electron chi connectivity index (χ1n) is 5.81. The second kappa shape index (κ2) is 5.51. The molecule has 0 aromatic carbocycles. The van der Waals surface area contributed by atoms with Crippen molar-refractivity contribution in [3.05, 3.63) is 22.4 Å². The number of nitrogens with zero attached hydrogens (tertiary/aromatic N) is 1. The Labute approximate surface area is 105 Å². The van der Waals surface area contributed by atoms with Crippen molar-refractivity contribution in [2.45, 2.75) is 25.7 Å². The van der Waals surface area contributed by atoms with Gasteiger partial charge in [0, 0.05) is 23.1 Å². The smallest absolute Gasteiger partial charge is 0.139 e.